The first-order chi connectivity index (χ1) is 8.95. The highest BCUT2D eigenvalue weighted by Gasteiger charge is 2.17. The van der Waals surface area contributed by atoms with Gasteiger partial charge in [-0.3, -0.25) is 4.79 Å². The van der Waals surface area contributed by atoms with E-state index in [-0.39, 0.29) is 11.9 Å². The molecule has 1 aromatic rings. The smallest absolute Gasteiger partial charge is 0.237 e. The molecule has 5 heteroatoms. The number of halogens is 2. The van der Waals surface area contributed by atoms with E-state index in [1.165, 1.54) is 0 Å². The highest BCUT2D eigenvalue weighted by atomic mass is 35.5. The van der Waals surface area contributed by atoms with Crippen molar-refractivity contribution in [1.82, 2.24) is 5.32 Å². The molecule has 0 radical (unpaired) electrons. The molecule has 0 aromatic heterocycles. The molecule has 1 amide bonds. The summed E-state index contributed by atoms with van der Waals surface area (Å²) in [4.78, 5) is 11.9. The van der Waals surface area contributed by atoms with E-state index in [4.69, 9.17) is 28.9 Å². The van der Waals surface area contributed by atoms with Crippen LogP contribution in [0.25, 0.3) is 0 Å². The molecule has 1 rings (SSSR count). The van der Waals surface area contributed by atoms with Crippen LogP contribution >= 0.6 is 23.2 Å². The Morgan fingerprint density at radius 1 is 1.42 bits per heavy atom. The predicted octanol–water partition coefficient (Wildman–Crippen LogP) is 3.69. The van der Waals surface area contributed by atoms with Crippen LogP contribution in [0.15, 0.2) is 18.2 Å². The van der Waals surface area contributed by atoms with Crippen molar-refractivity contribution in [3.8, 4) is 0 Å². The molecule has 2 atom stereocenters. The minimum atomic E-state index is -0.464. The van der Waals surface area contributed by atoms with E-state index >= 15 is 0 Å². The lowest BCUT2D eigenvalue weighted by Crippen LogP contribution is -2.41. The minimum absolute atomic E-state index is 0.146. The molecule has 0 spiro atoms. The van der Waals surface area contributed by atoms with Crippen LogP contribution in [-0.4, -0.2) is 11.9 Å². The summed E-state index contributed by atoms with van der Waals surface area (Å²) in [6.07, 6.45) is 2.67. The van der Waals surface area contributed by atoms with Crippen LogP contribution < -0.4 is 11.1 Å². The summed E-state index contributed by atoms with van der Waals surface area (Å²) in [5, 5.41) is 3.99. The summed E-state index contributed by atoms with van der Waals surface area (Å²) in [6.45, 7) is 3.94. The fourth-order valence-electron chi connectivity index (χ4n) is 1.81. The molecule has 0 saturated heterocycles. The largest absolute Gasteiger partial charge is 0.348 e. The van der Waals surface area contributed by atoms with Crippen molar-refractivity contribution in [2.75, 3.05) is 0 Å². The molecule has 0 bridgehead atoms. The molecule has 3 nitrogen and oxygen atoms in total. The summed E-state index contributed by atoms with van der Waals surface area (Å²) >= 11 is 11.9. The zero-order chi connectivity index (χ0) is 14.4. The molecule has 0 saturated carbocycles. The van der Waals surface area contributed by atoms with Gasteiger partial charge in [-0.1, -0.05) is 49.0 Å². The van der Waals surface area contributed by atoms with Crippen molar-refractivity contribution < 1.29 is 4.79 Å². The molecule has 106 valence electrons. The maximum Gasteiger partial charge on any atom is 0.237 e. The standard InChI is InChI=1S/C14H20Cl2N2O/c1-3-4-5-13(17)14(19)18-9(2)11-7-6-10(15)8-12(11)16/h6-9,13H,3-5,17H2,1-2H3,(H,18,19). The van der Waals surface area contributed by atoms with E-state index in [0.717, 1.165) is 18.4 Å². The molecule has 1 aromatic carbocycles. The summed E-state index contributed by atoms with van der Waals surface area (Å²) in [6, 6.07) is 4.58. The summed E-state index contributed by atoms with van der Waals surface area (Å²) < 4.78 is 0. The van der Waals surface area contributed by atoms with E-state index in [0.29, 0.717) is 16.5 Å². The van der Waals surface area contributed by atoms with Gasteiger partial charge in [0.25, 0.3) is 0 Å². The van der Waals surface area contributed by atoms with Gasteiger partial charge in [0, 0.05) is 10.0 Å². The van der Waals surface area contributed by atoms with Gasteiger partial charge in [0.15, 0.2) is 0 Å². The van der Waals surface area contributed by atoms with E-state index in [1.54, 1.807) is 12.1 Å². The second-order valence-corrected chi connectivity index (χ2v) is 5.49. The van der Waals surface area contributed by atoms with Crippen molar-refractivity contribution in [1.29, 1.82) is 0 Å². The average Bonchev–Trinajstić information content (AvgIpc) is 2.35. The number of hydrogen-bond donors (Lipinski definition) is 2. The number of benzene rings is 1. The van der Waals surface area contributed by atoms with Crippen LogP contribution in [0, 0.1) is 0 Å². The second-order valence-electron chi connectivity index (χ2n) is 4.64. The quantitative estimate of drug-likeness (QED) is 0.842. The molecule has 19 heavy (non-hydrogen) atoms. The SMILES string of the molecule is CCCCC(N)C(=O)NC(C)c1ccc(Cl)cc1Cl. The van der Waals surface area contributed by atoms with Gasteiger partial charge in [-0.2, -0.15) is 0 Å². The first-order valence-corrected chi connectivity index (χ1v) is 7.22. The molecule has 2 unspecified atom stereocenters. The Morgan fingerprint density at radius 3 is 2.68 bits per heavy atom. The minimum Gasteiger partial charge on any atom is -0.348 e. The summed E-state index contributed by atoms with van der Waals surface area (Å²) in [5.74, 6) is -0.146. The van der Waals surface area contributed by atoms with Crippen molar-refractivity contribution in [3.63, 3.8) is 0 Å². The fourth-order valence-corrected chi connectivity index (χ4v) is 2.38. The Kier molecular flexibility index (Phi) is 6.63. The Hall–Kier alpha value is -0.770. The maximum atomic E-state index is 11.9. The van der Waals surface area contributed by atoms with Gasteiger partial charge in [-0.25, -0.2) is 0 Å². The lowest BCUT2D eigenvalue weighted by Gasteiger charge is -2.19. The van der Waals surface area contributed by atoms with E-state index in [1.807, 2.05) is 13.0 Å². The lowest BCUT2D eigenvalue weighted by atomic mass is 10.1. The summed E-state index contributed by atoms with van der Waals surface area (Å²) in [5.41, 5.74) is 6.66. The Labute approximate surface area is 124 Å². The Morgan fingerprint density at radius 2 is 2.11 bits per heavy atom. The topological polar surface area (TPSA) is 55.1 Å². The average molecular weight is 303 g/mol. The monoisotopic (exact) mass is 302 g/mol. The normalized spacial score (nSPS) is 13.9. The number of unbranched alkanes of at least 4 members (excludes halogenated alkanes) is 1. The number of carbonyl (C=O) groups excluding carboxylic acids is 1. The molecule has 0 aliphatic carbocycles. The van der Waals surface area contributed by atoms with Crippen LogP contribution in [-0.2, 0) is 4.79 Å². The van der Waals surface area contributed by atoms with Crippen molar-refractivity contribution in [2.45, 2.75) is 45.2 Å². The highest BCUT2D eigenvalue weighted by Crippen LogP contribution is 2.26. The first kappa shape index (κ1) is 16.3. The van der Waals surface area contributed by atoms with Gasteiger partial charge in [-0.15, -0.1) is 0 Å². The maximum absolute atomic E-state index is 11.9. The van der Waals surface area contributed by atoms with Crippen LogP contribution in [0.5, 0.6) is 0 Å². The van der Waals surface area contributed by atoms with Gasteiger partial charge in [0.05, 0.1) is 12.1 Å². The third-order valence-corrected chi connectivity index (χ3v) is 3.56. The number of hydrogen-bond acceptors (Lipinski definition) is 2. The first-order valence-electron chi connectivity index (χ1n) is 6.46. The number of nitrogens with one attached hydrogen (secondary N) is 1. The third kappa shape index (κ3) is 5.01. The van der Waals surface area contributed by atoms with Crippen molar-refractivity contribution >= 4 is 29.1 Å². The molecular weight excluding hydrogens is 283 g/mol. The number of amides is 1. The fraction of sp³-hybridized carbons (Fsp3) is 0.500. The third-order valence-electron chi connectivity index (χ3n) is 2.99. The van der Waals surface area contributed by atoms with Gasteiger partial charge in [-0.05, 0) is 31.0 Å². The van der Waals surface area contributed by atoms with E-state index in [2.05, 4.69) is 12.2 Å². The summed E-state index contributed by atoms with van der Waals surface area (Å²) in [7, 11) is 0. The molecule has 0 aliphatic rings. The Bertz CT molecular complexity index is 437. The van der Waals surface area contributed by atoms with Crippen LogP contribution in [0.2, 0.25) is 10.0 Å². The Balaban J connectivity index is 2.63. The van der Waals surface area contributed by atoms with Gasteiger partial charge in [0.1, 0.15) is 0 Å². The highest BCUT2D eigenvalue weighted by molar-refractivity contribution is 6.35. The number of rotatable bonds is 6. The van der Waals surface area contributed by atoms with Crippen LogP contribution in [0.4, 0.5) is 0 Å². The zero-order valence-corrected chi connectivity index (χ0v) is 12.8. The van der Waals surface area contributed by atoms with Crippen LogP contribution in [0.3, 0.4) is 0 Å². The molecule has 0 heterocycles. The lowest BCUT2D eigenvalue weighted by molar-refractivity contribution is -0.123. The van der Waals surface area contributed by atoms with Gasteiger partial charge < -0.3 is 11.1 Å². The molecule has 0 fully saturated rings. The van der Waals surface area contributed by atoms with Crippen molar-refractivity contribution in [3.05, 3.63) is 33.8 Å². The van der Waals surface area contributed by atoms with Gasteiger partial charge in [0.2, 0.25) is 5.91 Å². The van der Waals surface area contributed by atoms with E-state index in [9.17, 15) is 4.79 Å². The molecule has 3 N–H and O–H groups in total. The number of carbonyl (C=O) groups is 1. The molecular formula is C14H20Cl2N2O. The second kappa shape index (κ2) is 7.73. The predicted molar refractivity (Wildman–Crippen MR) is 80.5 cm³/mol. The number of nitrogens with two attached hydrogens (primary N) is 1. The molecule has 0 aliphatic heterocycles. The van der Waals surface area contributed by atoms with Crippen molar-refractivity contribution in [2.24, 2.45) is 5.73 Å². The van der Waals surface area contributed by atoms with Crippen LogP contribution in [0.1, 0.15) is 44.7 Å². The zero-order valence-electron chi connectivity index (χ0n) is 11.2. The van der Waals surface area contributed by atoms with E-state index < -0.39 is 6.04 Å². The van der Waals surface area contributed by atoms with Gasteiger partial charge >= 0.3 is 0 Å².